The first-order valence-corrected chi connectivity index (χ1v) is 12.0. The van der Waals surface area contributed by atoms with Crippen LogP contribution in [-0.4, -0.2) is 58.5 Å². The number of nitrogens with zero attached hydrogens (tertiary/aromatic N) is 5. The summed E-state index contributed by atoms with van der Waals surface area (Å²) in [6.07, 6.45) is 1.75. The van der Waals surface area contributed by atoms with Crippen LogP contribution in [0.25, 0.3) is 11.4 Å². The Hall–Kier alpha value is -2.98. The Morgan fingerprint density at radius 2 is 2.00 bits per heavy atom. The number of nitrogens with one attached hydrogen (secondary N) is 1. The number of hydrogen-bond acceptors (Lipinski definition) is 9. The maximum Gasteiger partial charge on any atom is 0.277 e. The van der Waals surface area contributed by atoms with Crippen molar-refractivity contribution in [3.8, 4) is 17.3 Å². The van der Waals surface area contributed by atoms with Crippen molar-refractivity contribution in [2.75, 3.05) is 37.0 Å². The standard InChI is InChI=1S/C23H30N6O3S/c1-6-29-21(16-8-9-19(31-5)25-14(16)3)26-15(4)20(22(29)30)27-17-12-28(13-18(17)32-7-2)23-24-10-11-33-23/h8-11,17-18,27H,6-7,12-13H2,1-5H3. The second-order valence-corrected chi connectivity index (χ2v) is 8.77. The zero-order chi connectivity index (χ0) is 23.5. The maximum atomic E-state index is 13.6. The highest BCUT2D eigenvalue weighted by molar-refractivity contribution is 7.13. The summed E-state index contributed by atoms with van der Waals surface area (Å²) in [5.74, 6) is 1.14. The topological polar surface area (TPSA) is 94.4 Å². The average molecular weight is 471 g/mol. The largest absolute Gasteiger partial charge is 0.481 e. The van der Waals surface area contributed by atoms with E-state index in [2.05, 4.69) is 20.2 Å². The van der Waals surface area contributed by atoms with Crippen LogP contribution >= 0.6 is 11.3 Å². The van der Waals surface area contributed by atoms with Crippen molar-refractivity contribution < 1.29 is 9.47 Å². The summed E-state index contributed by atoms with van der Waals surface area (Å²) in [4.78, 5) is 29.5. The molecule has 2 unspecified atom stereocenters. The van der Waals surface area contributed by atoms with Gasteiger partial charge in [-0.25, -0.2) is 15.0 Å². The first-order chi connectivity index (χ1) is 16.0. The lowest BCUT2D eigenvalue weighted by Gasteiger charge is -2.22. The molecule has 4 heterocycles. The van der Waals surface area contributed by atoms with Gasteiger partial charge in [0.15, 0.2) is 5.13 Å². The van der Waals surface area contributed by atoms with Crippen LogP contribution in [0.4, 0.5) is 10.8 Å². The van der Waals surface area contributed by atoms with Crippen molar-refractivity contribution in [3.05, 3.63) is 45.5 Å². The number of aromatic nitrogens is 4. The van der Waals surface area contributed by atoms with E-state index in [0.29, 0.717) is 42.8 Å². The third kappa shape index (κ3) is 4.58. The smallest absolute Gasteiger partial charge is 0.277 e. The molecule has 0 saturated carbocycles. The van der Waals surface area contributed by atoms with E-state index in [-0.39, 0.29) is 17.7 Å². The minimum Gasteiger partial charge on any atom is -0.481 e. The molecule has 0 aromatic carbocycles. The number of aryl methyl sites for hydroxylation is 2. The molecule has 0 spiro atoms. The van der Waals surface area contributed by atoms with Gasteiger partial charge in [0, 0.05) is 49.4 Å². The fraction of sp³-hybridized carbons (Fsp3) is 0.478. The van der Waals surface area contributed by atoms with Gasteiger partial charge in [0.25, 0.3) is 5.56 Å². The van der Waals surface area contributed by atoms with E-state index in [1.54, 1.807) is 35.3 Å². The zero-order valence-corrected chi connectivity index (χ0v) is 20.5. The minimum absolute atomic E-state index is 0.0532. The third-order valence-corrected chi connectivity index (χ3v) is 6.68. The van der Waals surface area contributed by atoms with Crippen LogP contribution in [0.2, 0.25) is 0 Å². The number of methoxy groups -OCH3 is 1. The maximum absolute atomic E-state index is 13.6. The van der Waals surface area contributed by atoms with Crippen molar-refractivity contribution >= 4 is 22.2 Å². The molecule has 3 aromatic heterocycles. The quantitative estimate of drug-likeness (QED) is 0.537. The number of pyridine rings is 1. The summed E-state index contributed by atoms with van der Waals surface area (Å²) in [6.45, 7) is 10.2. The van der Waals surface area contributed by atoms with Gasteiger partial charge in [-0.3, -0.25) is 9.36 Å². The Morgan fingerprint density at radius 1 is 1.18 bits per heavy atom. The molecular formula is C23H30N6O3S. The van der Waals surface area contributed by atoms with Crippen LogP contribution in [0.15, 0.2) is 28.5 Å². The molecule has 0 radical (unpaired) electrons. The Labute approximate surface area is 197 Å². The molecule has 0 amide bonds. The summed E-state index contributed by atoms with van der Waals surface area (Å²) in [5, 5.41) is 6.40. The lowest BCUT2D eigenvalue weighted by Crippen LogP contribution is -2.38. The van der Waals surface area contributed by atoms with Gasteiger partial charge >= 0.3 is 0 Å². The van der Waals surface area contributed by atoms with Gasteiger partial charge in [0.1, 0.15) is 11.5 Å². The van der Waals surface area contributed by atoms with Gasteiger partial charge in [-0.05, 0) is 33.8 Å². The lowest BCUT2D eigenvalue weighted by molar-refractivity contribution is 0.0720. The molecule has 2 atom stereocenters. The van der Waals surface area contributed by atoms with Crippen molar-refractivity contribution in [1.82, 2.24) is 19.5 Å². The monoisotopic (exact) mass is 470 g/mol. The molecular weight excluding hydrogens is 440 g/mol. The summed E-state index contributed by atoms with van der Waals surface area (Å²) in [7, 11) is 1.58. The third-order valence-electron chi connectivity index (χ3n) is 5.84. The van der Waals surface area contributed by atoms with Crippen LogP contribution in [0.3, 0.4) is 0 Å². The fourth-order valence-corrected chi connectivity index (χ4v) is 4.89. The van der Waals surface area contributed by atoms with Crippen LogP contribution in [-0.2, 0) is 11.3 Å². The summed E-state index contributed by atoms with van der Waals surface area (Å²) >= 11 is 1.60. The Morgan fingerprint density at radius 3 is 2.64 bits per heavy atom. The lowest BCUT2D eigenvalue weighted by atomic mass is 10.1. The van der Waals surface area contributed by atoms with E-state index in [0.717, 1.165) is 22.9 Å². The fourth-order valence-electron chi connectivity index (χ4n) is 4.22. The zero-order valence-electron chi connectivity index (χ0n) is 19.7. The molecule has 176 valence electrons. The van der Waals surface area contributed by atoms with Crippen LogP contribution in [0.1, 0.15) is 25.2 Å². The summed E-state index contributed by atoms with van der Waals surface area (Å²) < 4.78 is 12.9. The van der Waals surface area contributed by atoms with Crippen LogP contribution < -0.4 is 20.5 Å². The van der Waals surface area contributed by atoms with Gasteiger partial charge in [-0.1, -0.05) is 0 Å². The second kappa shape index (κ2) is 9.88. The minimum atomic E-state index is -0.0989. The molecule has 1 fully saturated rings. The highest BCUT2D eigenvalue weighted by Crippen LogP contribution is 2.27. The molecule has 0 aliphatic carbocycles. The normalized spacial score (nSPS) is 18.0. The van der Waals surface area contributed by atoms with E-state index in [1.165, 1.54) is 0 Å². The predicted octanol–water partition coefficient (Wildman–Crippen LogP) is 3.11. The van der Waals surface area contributed by atoms with Crippen LogP contribution in [0, 0.1) is 13.8 Å². The van der Waals surface area contributed by atoms with E-state index in [9.17, 15) is 4.79 Å². The Balaban J connectivity index is 1.68. The van der Waals surface area contributed by atoms with Crippen molar-refractivity contribution in [2.24, 2.45) is 0 Å². The highest BCUT2D eigenvalue weighted by atomic mass is 32.1. The van der Waals surface area contributed by atoms with Gasteiger partial charge in [0.05, 0.1) is 30.6 Å². The molecule has 0 bridgehead atoms. The van der Waals surface area contributed by atoms with E-state index in [4.69, 9.17) is 14.5 Å². The number of rotatable bonds is 8. The summed E-state index contributed by atoms with van der Waals surface area (Å²) in [5.41, 5.74) is 2.63. The average Bonchev–Trinajstić information content (AvgIpc) is 3.47. The Bertz CT molecular complexity index is 1160. The molecule has 33 heavy (non-hydrogen) atoms. The van der Waals surface area contributed by atoms with Gasteiger partial charge in [0.2, 0.25) is 5.88 Å². The van der Waals surface area contributed by atoms with Crippen molar-refractivity contribution in [1.29, 1.82) is 0 Å². The van der Waals surface area contributed by atoms with E-state index in [1.807, 2.05) is 39.1 Å². The van der Waals surface area contributed by atoms with Gasteiger partial charge < -0.3 is 19.7 Å². The first kappa shape index (κ1) is 23.2. The second-order valence-electron chi connectivity index (χ2n) is 7.90. The highest BCUT2D eigenvalue weighted by Gasteiger charge is 2.35. The molecule has 3 aromatic rings. The number of hydrogen-bond donors (Lipinski definition) is 1. The number of thiazole rings is 1. The van der Waals surface area contributed by atoms with E-state index >= 15 is 0 Å². The molecule has 1 aliphatic rings. The van der Waals surface area contributed by atoms with Crippen molar-refractivity contribution in [2.45, 2.75) is 46.4 Å². The molecule has 1 saturated heterocycles. The predicted molar refractivity (Wildman–Crippen MR) is 131 cm³/mol. The molecule has 4 rings (SSSR count). The number of anilines is 2. The number of ether oxygens (including phenoxy) is 2. The van der Waals surface area contributed by atoms with Gasteiger partial charge in [-0.15, -0.1) is 11.3 Å². The Kier molecular flexibility index (Phi) is 6.94. The van der Waals surface area contributed by atoms with E-state index < -0.39 is 0 Å². The molecule has 1 aliphatic heterocycles. The molecule has 10 heteroatoms. The first-order valence-electron chi connectivity index (χ1n) is 11.1. The molecule has 1 N–H and O–H groups in total. The molecule has 9 nitrogen and oxygen atoms in total. The van der Waals surface area contributed by atoms with Crippen molar-refractivity contribution in [3.63, 3.8) is 0 Å². The van der Waals surface area contributed by atoms with Gasteiger partial charge in [-0.2, -0.15) is 0 Å². The van der Waals surface area contributed by atoms with Crippen LogP contribution in [0.5, 0.6) is 5.88 Å². The SMILES string of the molecule is CCOC1CN(c2nccs2)CC1Nc1c(C)nc(-c2ccc(OC)nc2C)n(CC)c1=O. The summed E-state index contributed by atoms with van der Waals surface area (Å²) in [6, 6.07) is 3.63.